The van der Waals surface area contributed by atoms with Crippen LogP contribution in [0.5, 0.6) is 0 Å². The number of hydrogen-bond donors (Lipinski definition) is 0. The Morgan fingerprint density at radius 1 is 0.439 bits per heavy atom. The van der Waals surface area contributed by atoms with Gasteiger partial charge in [0.15, 0.2) is 0 Å². The third-order valence-corrected chi connectivity index (χ3v) is 7.66. The van der Waals surface area contributed by atoms with Crippen molar-refractivity contribution in [2.75, 3.05) is 0 Å². The molecule has 41 heavy (non-hydrogen) atoms. The number of aromatic nitrogens is 1. The van der Waals surface area contributed by atoms with Gasteiger partial charge < -0.3 is 4.57 Å². The van der Waals surface area contributed by atoms with Gasteiger partial charge in [0.05, 0.1) is 34.3 Å². The Morgan fingerprint density at radius 3 is 1.61 bits per heavy atom. The zero-order chi connectivity index (χ0) is 27.8. The number of benzene rings is 6. The molecule has 0 spiro atoms. The Hall–Kier alpha value is -5.90. The predicted octanol–water partition coefficient (Wildman–Crippen LogP) is 9.53. The first kappa shape index (κ1) is 24.2. The lowest BCUT2D eigenvalue weighted by Crippen LogP contribution is -1.96. The Kier molecular flexibility index (Phi) is 5.90. The molecule has 0 amide bonds. The summed E-state index contributed by atoms with van der Waals surface area (Å²) in [5, 5.41) is 21.1. The quantitative estimate of drug-likeness (QED) is 0.232. The molecule has 7 rings (SSSR count). The lowest BCUT2D eigenvalue weighted by atomic mass is 9.94. The van der Waals surface area contributed by atoms with Crippen molar-refractivity contribution in [3.8, 4) is 51.2 Å². The van der Waals surface area contributed by atoms with Gasteiger partial charge in [-0.15, -0.1) is 0 Å². The van der Waals surface area contributed by atoms with E-state index in [0.717, 1.165) is 55.3 Å². The lowest BCUT2D eigenvalue weighted by molar-refractivity contribution is 1.18. The number of rotatable bonds is 4. The highest BCUT2D eigenvalue weighted by Gasteiger charge is 2.19. The summed E-state index contributed by atoms with van der Waals surface area (Å²) >= 11 is 0. The molecule has 7 aromatic rings. The molecule has 3 heteroatoms. The summed E-state index contributed by atoms with van der Waals surface area (Å²) in [6.07, 6.45) is 0. The Labute approximate surface area is 238 Å². The van der Waals surface area contributed by atoms with E-state index in [4.69, 9.17) is 0 Å². The number of para-hydroxylation sites is 1. The zero-order valence-corrected chi connectivity index (χ0v) is 22.1. The molecule has 1 heterocycles. The van der Waals surface area contributed by atoms with Gasteiger partial charge in [0.2, 0.25) is 0 Å². The highest BCUT2D eigenvalue weighted by molar-refractivity contribution is 6.16. The van der Waals surface area contributed by atoms with E-state index in [1.807, 2.05) is 60.7 Å². The van der Waals surface area contributed by atoms with Crippen LogP contribution in [0.3, 0.4) is 0 Å². The van der Waals surface area contributed by atoms with Crippen LogP contribution in [0.2, 0.25) is 0 Å². The Balaban J connectivity index is 1.61. The minimum atomic E-state index is 0.629. The second-order valence-electron chi connectivity index (χ2n) is 10.1. The highest BCUT2D eigenvalue weighted by atomic mass is 15.0. The lowest BCUT2D eigenvalue weighted by Gasteiger charge is -2.14. The fourth-order valence-corrected chi connectivity index (χ4v) is 5.65. The summed E-state index contributed by atoms with van der Waals surface area (Å²) in [7, 11) is 0. The van der Waals surface area contributed by atoms with Crippen LogP contribution < -0.4 is 0 Å². The van der Waals surface area contributed by atoms with Crippen LogP contribution in [0.25, 0.3) is 60.9 Å². The van der Waals surface area contributed by atoms with Crippen LogP contribution in [-0.2, 0) is 0 Å². The van der Waals surface area contributed by atoms with Crippen molar-refractivity contribution in [1.82, 2.24) is 4.57 Å². The van der Waals surface area contributed by atoms with Crippen LogP contribution in [0, 0.1) is 22.7 Å². The van der Waals surface area contributed by atoms with E-state index in [2.05, 4.69) is 95.6 Å². The highest BCUT2D eigenvalue weighted by Crippen LogP contribution is 2.42. The van der Waals surface area contributed by atoms with Crippen molar-refractivity contribution in [2.24, 2.45) is 0 Å². The minimum absolute atomic E-state index is 0.629. The van der Waals surface area contributed by atoms with Crippen LogP contribution >= 0.6 is 0 Å². The molecule has 3 nitrogen and oxygen atoms in total. The van der Waals surface area contributed by atoms with Crippen molar-refractivity contribution < 1.29 is 0 Å². The van der Waals surface area contributed by atoms with E-state index in [9.17, 15) is 10.5 Å². The summed E-state index contributed by atoms with van der Waals surface area (Å²) in [6.45, 7) is 0. The molecular weight excluding hydrogens is 498 g/mol. The van der Waals surface area contributed by atoms with Gasteiger partial charge in [0, 0.05) is 22.0 Å². The monoisotopic (exact) mass is 521 g/mol. The standard InChI is InChI=1S/C38H23N3/c39-24-26-11-15-29(16-12-26)32-22-34(30-17-13-27(25-40)14-18-30)38-36(23-32)35-21-31(28-7-3-1-4-8-28)19-20-37(35)41(38)33-9-5-2-6-10-33/h1-23H. The minimum Gasteiger partial charge on any atom is -0.309 e. The average molecular weight is 522 g/mol. The summed E-state index contributed by atoms with van der Waals surface area (Å²) in [5.41, 5.74) is 11.1. The van der Waals surface area contributed by atoms with E-state index < -0.39 is 0 Å². The van der Waals surface area contributed by atoms with Crippen LogP contribution in [0.4, 0.5) is 0 Å². The predicted molar refractivity (Wildman–Crippen MR) is 167 cm³/mol. The second kappa shape index (κ2) is 10.0. The molecule has 0 aliphatic carbocycles. The van der Waals surface area contributed by atoms with Gasteiger partial charge >= 0.3 is 0 Å². The van der Waals surface area contributed by atoms with Crippen molar-refractivity contribution >= 4 is 21.8 Å². The van der Waals surface area contributed by atoms with Crippen LogP contribution in [0.15, 0.2) is 140 Å². The molecule has 0 saturated carbocycles. The van der Waals surface area contributed by atoms with Gasteiger partial charge in [-0.05, 0) is 88.5 Å². The maximum atomic E-state index is 9.44. The first-order valence-corrected chi connectivity index (χ1v) is 13.5. The van der Waals surface area contributed by atoms with Gasteiger partial charge in [-0.25, -0.2) is 0 Å². The summed E-state index contributed by atoms with van der Waals surface area (Å²) < 4.78 is 2.34. The molecule has 0 radical (unpaired) electrons. The Morgan fingerprint density at radius 2 is 0.976 bits per heavy atom. The molecule has 0 fully saturated rings. The van der Waals surface area contributed by atoms with E-state index in [0.29, 0.717) is 11.1 Å². The average Bonchev–Trinajstić information content (AvgIpc) is 3.39. The van der Waals surface area contributed by atoms with Crippen LogP contribution in [-0.4, -0.2) is 4.57 Å². The van der Waals surface area contributed by atoms with Gasteiger partial charge in [0.1, 0.15) is 0 Å². The Bertz CT molecular complexity index is 2120. The molecule has 0 unspecified atom stereocenters. The van der Waals surface area contributed by atoms with E-state index in [1.165, 1.54) is 5.56 Å². The molecule has 0 saturated heterocycles. The molecule has 0 bridgehead atoms. The van der Waals surface area contributed by atoms with Crippen LogP contribution in [0.1, 0.15) is 11.1 Å². The summed E-state index contributed by atoms with van der Waals surface area (Å²) in [4.78, 5) is 0. The fourth-order valence-electron chi connectivity index (χ4n) is 5.65. The maximum Gasteiger partial charge on any atom is 0.0991 e. The molecule has 6 aromatic carbocycles. The maximum absolute atomic E-state index is 9.44. The van der Waals surface area contributed by atoms with Crippen molar-refractivity contribution in [3.63, 3.8) is 0 Å². The number of hydrogen-bond acceptors (Lipinski definition) is 2. The molecule has 190 valence electrons. The third-order valence-electron chi connectivity index (χ3n) is 7.66. The molecule has 0 aliphatic rings. The van der Waals surface area contributed by atoms with Crippen molar-refractivity contribution in [2.45, 2.75) is 0 Å². The number of nitriles is 2. The molecule has 1 aromatic heterocycles. The molecule has 0 aliphatic heterocycles. The van der Waals surface area contributed by atoms with E-state index >= 15 is 0 Å². The molecule has 0 N–H and O–H groups in total. The number of fused-ring (bicyclic) bond motifs is 3. The largest absolute Gasteiger partial charge is 0.309 e. The summed E-state index contributed by atoms with van der Waals surface area (Å²) in [6, 6.07) is 52.1. The van der Waals surface area contributed by atoms with Gasteiger partial charge in [-0.2, -0.15) is 10.5 Å². The van der Waals surface area contributed by atoms with Crippen molar-refractivity contribution in [3.05, 3.63) is 151 Å². The van der Waals surface area contributed by atoms with E-state index in [1.54, 1.807) is 0 Å². The smallest absolute Gasteiger partial charge is 0.0991 e. The SMILES string of the molecule is N#Cc1ccc(-c2cc(-c3ccc(C#N)cc3)c3c(c2)c2cc(-c4ccccc4)ccc2n3-c2ccccc2)cc1. The fraction of sp³-hybridized carbons (Fsp3) is 0. The van der Waals surface area contributed by atoms with Crippen molar-refractivity contribution in [1.29, 1.82) is 10.5 Å². The van der Waals surface area contributed by atoms with Gasteiger partial charge in [0.25, 0.3) is 0 Å². The van der Waals surface area contributed by atoms with Gasteiger partial charge in [-0.3, -0.25) is 0 Å². The zero-order valence-electron chi connectivity index (χ0n) is 22.1. The first-order valence-electron chi connectivity index (χ1n) is 13.5. The summed E-state index contributed by atoms with van der Waals surface area (Å²) in [5.74, 6) is 0. The first-order chi connectivity index (χ1) is 20.2. The topological polar surface area (TPSA) is 52.5 Å². The molecular formula is C38H23N3. The third kappa shape index (κ3) is 4.23. The van der Waals surface area contributed by atoms with Gasteiger partial charge in [-0.1, -0.05) is 78.9 Å². The second-order valence-corrected chi connectivity index (χ2v) is 10.1. The van der Waals surface area contributed by atoms with E-state index in [-0.39, 0.29) is 0 Å². The normalized spacial score (nSPS) is 10.9. The number of nitrogens with zero attached hydrogens (tertiary/aromatic N) is 3. The molecule has 0 atom stereocenters.